The Morgan fingerprint density at radius 3 is 2.70 bits per heavy atom. The predicted octanol–water partition coefficient (Wildman–Crippen LogP) is 5.38. The van der Waals surface area contributed by atoms with Gasteiger partial charge in [-0.1, -0.05) is 11.6 Å². The fraction of sp³-hybridized carbons (Fsp3) is 0.200. The number of thiophene rings is 1. The number of nitrogens with two attached hydrogens (primary N) is 1. The third kappa shape index (κ3) is 3.31. The van der Waals surface area contributed by atoms with Crippen molar-refractivity contribution in [2.75, 3.05) is 4.90 Å². The molecule has 152 valence electrons. The average Bonchev–Trinajstić information content (AvgIpc) is 3.13. The van der Waals surface area contributed by atoms with Crippen LogP contribution in [-0.4, -0.2) is 10.7 Å². The van der Waals surface area contributed by atoms with Crippen molar-refractivity contribution in [1.82, 2.24) is 0 Å². The molecule has 2 aliphatic rings. The van der Waals surface area contributed by atoms with Gasteiger partial charge in [-0.2, -0.15) is 5.26 Å². The Bertz CT molecular complexity index is 1200. The molecule has 2 aromatic rings. The van der Waals surface area contributed by atoms with Crippen LogP contribution in [0.25, 0.3) is 0 Å². The van der Waals surface area contributed by atoms with E-state index in [2.05, 4.69) is 22.0 Å². The summed E-state index contributed by atoms with van der Waals surface area (Å²) in [6.45, 7) is 0. The Morgan fingerprint density at radius 1 is 1.33 bits per heavy atom. The van der Waals surface area contributed by atoms with E-state index in [4.69, 9.17) is 17.3 Å². The molecule has 0 amide bonds. The smallest absolute Gasteiger partial charge is 0.271 e. The minimum absolute atomic E-state index is 0.0333. The molecule has 1 aliphatic heterocycles. The number of carbonyl (C=O) groups excluding carboxylic acids is 1. The molecule has 7 nitrogen and oxygen atoms in total. The lowest BCUT2D eigenvalue weighted by molar-refractivity contribution is -0.384. The number of nitrogens with zero attached hydrogens (tertiary/aromatic N) is 3. The summed E-state index contributed by atoms with van der Waals surface area (Å²) in [6.07, 6.45) is 1.62. The van der Waals surface area contributed by atoms with Crippen LogP contribution >= 0.6 is 38.9 Å². The quantitative estimate of drug-likeness (QED) is 0.443. The number of ketones is 1. The molecule has 0 radical (unpaired) electrons. The van der Waals surface area contributed by atoms with E-state index < -0.39 is 10.8 Å². The van der Waals surface area contributed by atoms with Crippen molar-refractivity contribution >= 4 is 56.0 Å². The van der Waals surface area contributed by atoms with Crippen molar-refractivity contribution in [2.45, 2.75) is 25.2 Å². The Morgan fingerprint density at radius 2 is 2.10 bits per heavy atom. The molecule has 1 aromatic heterocycles. The van der Waals surface area contributed by atoms with Gasteiger partial charge in [-0.05, 0) is 47.0 Å². The van der Waals surface area contributed by atoms with E-state index in [-0.39, 0.29) is 27.9 Å². The fourth-order valence-corrected chi connectivity index (χ4v) is 5.72. The number of nitriles is 1. The van der Waals surface area contributed by atoms with Crippen LogP contribution in [0.2, 0.25) is 5.02 Å². The predicted molar refractivity (Wildman–Crippen MR) is 118 cm³/mol. The molecule has 1 atom stereocenters. The molecule has 0 spiro atoms. The molecule has 2 heterocycles. The summed E-state index contributed by atoms with van der Waals surface area (Å²) in [7, 11) is 0. The lowest BCUT2D eigenvalue weighted by atomic mass is 9.78. The van der Waals surface area contributed by atoms with Crippen molar-refractivity contribution in [1.29, 1.82) is 5.26 Å². The number of Topliss-reactive ketones (excluding diaryl/α,β-unsaturated/α-hetero) is 1. The highest BCUT2D eigenvalue weighted by molar-refractivity contribution is 9.11. The number of anilines is 1. The molecule has 2 N–H and O–H groups in total. The van der Waals surface area contributed by atoms with E-state index >= 15 is 0 Å². The highest BCUT2D eigenvalue weighted by Crippen LogP contribution is 2.49. The van der Waals surface area contributed by atoms with Crippen LogP contribution in [0, 0.1) is 21.4 Å². The molecule has 1 aliphatic carbocycles. The van der Waals surface area contributed by atoms with Crippen LogP contribution in [-0.2, 0) is 4.79 Å². The molecule has 1 unspecified atom stereocenters. The normalized spacial score (nSPS) is 19.0. The zero-order valence-electron chi connectivity index (χ0n) is 15.4. The van der Waals surface area contributed by atoms with Gasteiger partial charge in [-0.15, -0.1) is 11.3 Å². The third-order valence-electron chi connectivity index (χ3n) is 5.17. The van der Waals surface area contributed by atoms with Crippen molar-refractivity contribution in [3.05, 3.63) is 76.8 Å². The number of hydrogen-bond donors (Lipinski definition) is 1. The van der Waals surface area contributed by atoms with Gasteiger partial charge in [0.25, 0.3) is 5.69 Å². The number of nitro groups is 1. The number of hydrogen-bond acceptors (Lipinski definition) is 7. The number of non-ortho nitro benzene ring substituents is 1. The van der Waals surface area contributed by atoms with Gasteiger partial charge in [0.05, 0.1) is 37.0 Å². The number of halogens is 2. The Balaban J connectivity index is 1.96. The molecule has 30 heavy (non-hydrogen) atoms. The molecule has 10 heteroatoms. The lowest BCUT2D eigenvalue weighted by Gasteiger charge is -2.39. The lowest BCUT2D eigenvalue weighted by Crippen LogP contribution is -2.38. The SMILES string of the molecule is N#CC1=C(N)N(c2ccc([N+](=O)[O-])cc2Cl)C2=C(C(=O)CCC2)C1c1ccc(Br)s1. The van der Waals surface area contributed by atoms with Gasteiger partial charge >= 0.3 is 0 Å². The Hall–Kier alpha value is -2.67. The van der Waals surface area contributed by atoms with Crippen LogP contribution in [0.1, 0.15) is 30.1 Å². The van der Waals surface area contributed by atoms with Crippen molar-refractivity contribution in [3.63, 3.8) is 0 Å². The summed E-state index contributed by atoms with van der Waals surface area (Å²) < 4.78 is 0.889. The molecule has 0 fully saturated rings. The van der Waals surface area contributed by atoms with Crippen molar-refractivity contribution < 1.29 is 9.72 Å². The summed E-state index contributed by atoms with van der Waals surface area (Å²) in [5, 5.41) is 21.1. The van der Waals surface area contributed by atoms with Crippen molar-refractivity contribution in [3.8, 4) is 6.07 Å². The van der Waals surface area contributed by atoms with E-state index in [0.717, 1.165) is 8.66 Å². The maximum absolute atomic E-state index is 13.0. The largest absolute Gasteiger partial charge is 0.384 e. The van der Waals surface area contributed by atoms with Gasteiger partial charge in [0.1, 0.15) is 5.82 Å². The summed E-state index contributed by atoms with van der Waals surface area (Å²) >= 11 is 11.3. The maximum Gasteiger partial charge on any atom is 0.271 e. The Kier molecular flexibility index (Phi) is 5.40. The van der Waals surface area contributed by atoms with Gasteiger partial charge < -0.3 is 5.73 Å². The maximum atomic E-state index is 13.0. The van der Waals surface area contributed by atoms with Crippen LogP contribution < -0.4 is 10.6 Å². The monoisotopic (exact) mass is 504 g/mol. The summed E-state index contributed by atoms with van der Waals surface area (Å²) in [4.78, 5) is 26.0. The first-order chi connectivity index (χ1) is 14.3. The second-order valence-electron chi connectivity index (χ2n) is 6.85. The molecule has 0 saturated carbocycles. The number of nitro benzene ring substituents is 1. The summed E-state index contributed by atoms with van der Waals surface area (Å²) in [5.41, 5.74) is 8.19. The van der Waals surface area contributed by atoms with E-state index in [1.54, 1.807) is 4.90 Å². The fourth-order valence-electron chi connectivity index (χ4n) is 3.92. The number of benzene rings is 1. The molecule has 0 saturated heterocycles. The molecule has 1 aromatic carbocycles. The van der Waals surface area contributed by atoms with Crippen LogP contribution in [0.5, 0.6) is 0 Å². The van der Waals surface area contributed by atoms with E-state index in [1.165, 1.54) is 29.5 Å². The van der Waals surface area contributed by atoms with Gasteiger partial charge in [0.2, 0.25) is 0 Å². The van der Waals surface area contributed by atoms with E-state index in [9.17, 15) is 20.2 Å². The first-order valence-corrected chi connectivity index (χ1v) is 11.0. The second-order valence-corrected chi connectivity index (χ2v) is 9.75. The zero-order valence-corrected chi connectivity index (χ0v) is 18.6. The highest BCUT2D eigenvalue weighted by atomic mass is 79.9. The van der Waals surface area contributed by atoms with E-state index in [1.807, 2.05) is 12.1 Å². The first-order valence-electron chi connectivity index (χ1n) is 8.98. The first kappa shape index (κ1) is 20.6. The standard InChI is InChI=1S/C20H14BrClN4O3S/c21-17-7-6-16(30-17)18-11(9-23)20(24)25(14-2-1-3-15(27)19(14)18)13-5-4-10(26(28)29)8-12(13)22/h4-8,18H,1-3,24H2. The van der Waals surface area contributed by atoms with Crippen molar-refractivity contribution in [2.24, 2.45) is 5.73 Å². The second kappa shape index (κ2) is 7.87. The summed E-state index contributed by atoms with van der Waals surface area (Å²) in [5.74, 6) is -0.396. The van der Waals surface area contributed by atoms with Gasteiger partial charge in [0, 0.05) is 34.7 Å². The molecule has 0 bridgehead atoms. The van der Waals surface area contributed by atoms with Gasteiger partial charge in [0.15, 0.2) is 5.78 Å². The third-order valence-corrected chi connectivity index (χ3v) is 7.17. The summed E-state index contributed by atoms with van der Waals surface area (Å²) in [6, 6.07) is 9.99. The Labute approximate surface area is 189 Å². The molecular weight excluding hydrogens is 492 g/mol. The number of rotatable bonds is 3. The number of allylic oxidation sites excluding steroid dienone is 3. The minimum Gasteiger partial charge on any atom is -0.384 e. The number of carbonyl (C=O) groups is 1. The highest BCUT2D eigenvalue weighted by Gasteiger charge is 2.41. The molecule has 4 rings (SSSR count). The van der Waals surface area contributed by atoms with Crippen LogP contribution in [0.15, 0.2) is 56.8 Å². The van der Waals surface area contributed by atoms with Gasteiger partial charge in [-0.25, -0.2) is 0 Å². The van der Waals surface area contributed by atoms with E-state index in [0.29, 0.717) is 36.2 Å². The van der Waals surface area contributed by atoms with Crippen LogP contribution in [0.4, 0.5) is 11.4 Å². The van der Waals surface area contributed by atoms with Crippen LogP contribution in [0.3, 0.4) is 0 Å². The minimum atomic E-state index is -0.540. The topological polar surface area (TPSA) is 113 Å². The van der Waals surface area contributed by atoms with Gasteiger partial charge in [-0.3, -0.25) is 19.8 Å². The zero-order chi connectivity index (χ0) is 21.6. The molecular formula is C20H14BrClN4O3S. The average molecular weight is 506 g/mol.